The summed E-state index contributed by atoms with van der Waals surface area (Å²) in [7, 11) is 0. The van der Waals surface area contributed by atoms with E-state index < -0.39 is 5.54 Å². The van der Waals surface area contributed by atoms with E-state index >= 15 is 0 Å². The molecule has 142 valence electrons. The second kappa shape index (κ2) is 7.74. The molecule has 26 heavy (non-hydrogen) atoms. The lowest BCUT2D eigenvalue weighted by Gasteiger charge is -2.41. The first-order valence-electron chi connectivity index (χ1n) is 9.51. The molecule has 2 fully saturated rings. The lowest BCUT2D eigenvalue weighted by Crippen LogP contribution is -2.55. The number of carbonyl (C=O) groups excluding carboxylic acids is 2. The van der Waals surface area contributed by atoms with Crippen molar-refractivity contribution in [1.29, 1.82) is 0 Å². The summed E-state index contributed by atoms with van der Waals surface area (Å²) < 4.78 is 12.9. The molecule has 1 aliphatic heterocycles. The standard InChI is InChI=1S/C20H28FN3O2/c1-20(22)11-3-2-4-17(20)19(26)24-12-9-14(10-13-24)18(25)23-16-7-5-15(21)6-8-16/h5-8,14,17H,2-4,9-13,22H2,1H3,(H,23,25). The fourth-order valence-electron chi connectivity index (χ4n) is 4.12. The van der Waals surface area contributed by atoms with Crippen molar-refractivity contribution in [2.75, 3.05) is 18.4 Å². The molecule has 1 aromatic rings. The average molecular weight is 361 g/mol. The van der Waals surface area contributed by atoms with Crippen molar-refractivity contribution in [3.8, 4) is 0 Å². The number of hydrogen-bond donors (Lipinski definition) is 2. The largest absolute Gasteiger partial charge is 0.342 e. The predicted molar refractivity (Wildman–Crippen MR) is 98.9 cm³/mol. The van der Waals surface area contributed by atoms with Gasteiger partial charge in [-0.05, 0) is 56.9 Å². The maximum absolute atomic E-state index is 12.9. The number of anilines is 1. The number of likely N-dealkylation sites (tertiary alicyclic amines) is 1. The highest BCUT2D eigenvalue weighted by Crippen LogP contribution is 2.34. The molecule has 1 saturated heterocycles. The molecule has 1 heterocycles. The van der Waals surface area contributed by atoms with Gasteiger partial charge in [0.2, 0.25) is 11.8 Å². The normalized spacial score (nSPS) is 27.2. The van der Waals surface area contributed by atoms with Crippen molar-refractivity contribution >= 4 is 17.5 Å². The summed E-state index contributed by atoms with van der Waals surface area (Å²) >= 11 is 0. The molecule has 2 unspecified atom stereocenters. The van der Waals surface area contributed by atoms with E-state index in [1.54, 1.807) is 12.1 Å². The van der Waals surface area contributed by atoms with Gasteiger partial charge < -0.3 is 16.0 Å². The Labute approximate surface area is 154 Å². The van der Waals surface area contributed by atoms with Crippen LogP contribution < -0.4 is 11.1 Å². The van der Waals surface area contributed by atoms with Crippen LogP contribution in [0.2, 0.25) is 0 Å². The van der Waals surface area contributed by atoms with Crippen LogP contribution in [0, 0.1) is 17.7 Å². The Bertz CT molecular complexity index is 652. The molecular weight excluding hydrogens is 333 g/mol. The van der Waals surface area contributed by atoms with Crippen molar-refractivity contribution in [2.45, 2.75) is 51.0 Å². The van der Waals surface area contributed by atoms with Crippen LogP contribution in [0.3, 0.4) is 0 Å². The number of piperidine rings is 1. The average Bonchev–Trinajstić information content (AvgIpc) is 2.63. The fraction of sp³-hybridized carbons (Fsp3) is 0.600. The minimum Gasteiger partial charge on any atom is -0.342 e. The number of amides is 2. The van der Waals surface area contributed by atoms with E-state index in [-0.39, 0.29) is 29.5 Å². The topological polar surface area (TPSA) is 75.4 Å². The third-order valence-electron chi connectivity index (χ3n) is 5.84. The molecule has 2 amide bonds. The van der Waals surface area contributed by atoms with Gasteiger partial charge in [0, 0.05) is 30.2 Å². The van der Waals surface area contributed by atoms with Gasteiger partial charge in [0.25, 0.3) is 0 Å². The van der Waals surface area contributed by atoms with Crippen molar-refractivity contribution in [3.63, 3.8) is 0 Å². The minimum absolute atomic E-state index is 0.0648. The summed E-state index contributed by atoms with van der Waals surface area (Å²) in [6, 6.07) is 5.75. The van der Waals surface area contributed by atoms with Gasteiger partial charge in [-0.2, -0.15) is 0 Å². The molecule has 3 rings (SSSR count). The Morgan fingerprint density at radius 2 is 1.81 bits per heavy atom. The summed E-state index contributed by atoms with van der Waals surface area (Å²) in [6.07, 6.45) is 5.18. The predicted octanol–water partition coefficient (Wildman–Crippen LogP) is 2.91. The zero-order chi connectivity index (χ0) is 18.7. The van der Waals surface area contributed by atoms with Crippen LogP contribution >= 0.6 is 0 Å². The molecule has 0 bridgehead atoms. The van der Waals surface area contributed by atoms with E-state index in [1.165, 1.54) is 12.1 Å². The Morgan fingerprint density at radius 3 is 2.42 bits per heavy atom. The summed E-state index contributed by atoms with van der Waals surface area (Å²) in [4.78, 5) is 27.2. The molecule has 1 aliphatic carbocycles. The quantitative estimate of drug-likeness (QED) is 0.869. The molecule has 0 aromatic heterocycles. The molecule has 1 saturated carbocycles. The summed E-state index contributed by atoms with van der Waals surface area (Å²) in [5, 5.41) is 2.83. The van der Waals surface area contributed by atoms with Crippen molar-refractivity contribution in [2.24, 2.45) is 17.6 Å². The molecule has 3 N–H and O–H groups in total. The van der Waals surface area contributed by atoms with E-state index in [4.69, 9.17) is 5.73 Å². The number of carbonyl (C=O) groups is 2. The third-order valence-corrected chi connectivity index (χ3v) is 5.84. The lowest BCUT2D eigenvalue weighted by atomic mass is 9.73. The number of nitrogens with one attached hydrogen (secondary N) is 1. The molecule has 5 nitrogen and oxygen atoms in total. The molecule has 0 radical (unpaired) electrons. The Morgan fingerprint density at radius 1 is 1.15 bits per heavy atom. The van der Waals surface area contributed by atoms with Gasteiger partial charge in [0.15, 0.2) is 0 Å². The first kappa shape index (κ1) is 18.8. The van der Waals surface area contributed by atoms with Crippen molar-refractivity contribution in [1.82, 2.24) is 4.90 Å². The van der Waals surface area contributed by atoms with Crippen LogP contribution in [-0.2, 0) is 9.59 Å². The van der Waals surface area contributed by atoms with Crippen LogP contribution in [0.25, 0.3) is 0 Å². The van der Waals surface area contributed by atoms with Gasteiger partial charge >= 0.3 is 0 Å². The van der Waals surface area contributed by atoms with Crippen LogP contribution in [0.4, 0.5) is 10.1 Å². The molecular formula is C20H28FN3O2. The summed E-state index contributed by atoms with van der Waals surface area (Å²) in [5.74, 6) is -0.484. The molecule has 2 aliphatic rings. The highest BCUT2D eigenvalue weighted by atomic mass is 19.1. The SMILES string of the molecule is CC1(N)CCCCC1C(=O)N1CCC(C(=O)Nc2ccc(F)cc2)CC1. The first-order valence-corrected chi connectivity index (χ1v) is 9.51. The van der Waals surface area contributed by atoms with Crippen molar-refractivity contribution in [3.05, 3.63) is 30.1 Å². The van der Waals surface area contributed by atoms with Crippen LogP contribution in [0.15, 0.2) is 24.3 Å². The Balaban J connectivity index is 1.52. The maximum atomic E-state index is 12.9. The second-order valence-corrected chi connectivity index (χ2v) is 7.90. The smallest absolute Gasteiger partial charge is 0.227 e. The third kappa shape index (κ3) is 4.23. The number of benzene rings is 1. The van der Waals surface area contributed by atoms with Crippen LogP contribution in [0.5, 0.6) is 0 Å². The van der Waals surface area contributed by atoms with Crippen LogP contribution in [0.1, 0.15) is 45.4 Å². The number of hydrogen-bond acceptors (Lipinski definition) is 3. The summed E-state index contributed by atoms with van der Waals surface area (Å²) in [5.41, 5.74) is 6.53. The van der Waals surface area contributed by atoms with Gasteiger partial charge in [-0.15, -0.1) is 0 Å². The Hall–Kier alpha value is -1.95. The van der Waals surface area contributed by atoms with Gasteiger partial charge in [0.05, 0.1) is 5.92 Å². The van der Waals surface area contributed by atoms with E-state index in [0.29, 0.717) is 31.6 Å². The summed E-state index contributed by atoms with van der Waals surface area (Å²) in [6.45, 7) is 3.16. The van der Waals surface area contributed by atoms with E-state index in [0.717, 1.165) is 25.7 Å². The molecule has 1 aromatic carbocycles. The second-order valence-electron chi connectivity index (χ2n) is 7.90. The monoisotopic (exact) mass is 361 g/mol. The first-order chi connectivity index (χ1) is 12.4. The van der Waals surface area contributed by atoms with Gasteiger partial charge in [-0.3, -0.25) is 9.59 Å². The Kier molecular flexibility index (Phi) is 5.61. The van der Waals surface area contributed by atoms with Gasteiger partial charge in [-0.25, -0.2) is 4.39 Å². The minimum atomic E-state index is -0.424. The van der Waals surface area contributed by atoms with Gasteiger partial charge in [-0.1, -0.05) is 12.8 Å². The van der Waals surface area contributed by atoms with E-state index in [1.807, 2.05) is 11.8 Å². The lowest BCUT2D eigenvalue weighted by molar-refractivity contribution is -0.141. The van der Waals surface area contributed by atoms with E-state index in [9.17, 15) is 14.0 Å². The molecule has 2 atom stereocenters. The maximum Gasteiger partial charge on any atom is 0.227 e. The number of halogens is 1. The zero-order valence-electron chi connectivity index (χ0n) is 15.3. The van der Waals surface area contributed by atoms with E-state index in [2.05, 4.69) is 5.32 Å². The highest BCUT2D eigenvalue weighted by Gasteiger charge is 2.40. The fourth-order valence-corrected chi connectivity index (χ4v) is 4.12. The van der Waals surface area contributed by atoms with Crippen LogP contribution in [-0.4, -0.2) is 35.3 Å². The number of nitrogens with zero attached hydrogens (tertiary/aromatic N) is 1. The van der Waals surface area contributed by atoms with Crippen molar-refractivity contribution < 1.29 is 14.0 Å². The number of rotatable bonds is 3. The highest BCUT2D eigenvalue weighted by molar-refractivity contribution is 5.92. The zero-order valence-corrected chi connectivity index (χ0v) is 15.3. The number of nitrogens with two attached hydrogens (primary N) is 1. The molecule has 0 spiro atoms. The van der Waals surface area contributed by atoms with Gasteiger partial charge in [0.1, 0.15) is 5.82 Å². The molecule has 6 heteroatoms.